The SMILES string of the molecule is Cc1ncc(NC(=O)CN2CCn3ncnc3C2)cc1NC(=O)c1nnc2cc(-c3cnn(C)c3)ccn12. The second-order valence-corrected chi connectivity index (χ2v) is 9.04. The van der Waals surface area contributed by atoms with Gasteiger partial charge in [-0.1, -0.05) is 0 Å². The lowest BCUT2D eigenvalue weighted by Gasteiger charge is -2.25. The number of amides is 2. The van der Waals surface area contributed by atoms with E-state index in [9.17, 15) is 9.59 Å². The Hall–Kier alpha value is -4.98. The fourth-order valence-electron chi connectivity index (χ4n) is 4.35. The lowest BCUT2D eigenvalue weighted by Crippen LogP contribution is -2.39. The first-order valence-electron chi connectivity index (χ1n) is 11.9. The number of aryl methyl sites for hydroxylation is 2. The first-order valence-corrected chi connectivity index (χ1v) is 11.9. The molecule has 6 rings (SSSR count). The number of nitrogens with zero attached hydrogens (tertiary/aromatic N) is 10. The molecular weight excluding hydrogens is 488 g/mol. The van der Waals surface area contributed by atoms with Crippen LogP contribution in [-0.4, -0.2) is 73.9 Å². The van der Waals surface area contributed by atoms with Crippen LogP contribution in [0.4, 0.5) is 11.4 Å². The summed E-state index contributed by atoms with van der Waals surface area (Å²) in [5.41, 5.74) is 3.92. The van der Waals surface area contributed by atoms with Gasteiger partial charge in [-0.25, -0.2) is 9.67 Å². The molecule has 1 aliphatic rings. The molecule has 0 fully saturated rings. The van der Waals surface area contributed by atoms with Crippen LogP contribution in [-0.2, 0) is 24.9 Å². The van der Waals surface area contributed by atoms with Gasteiger partial charge in [0.05, 0.1) is 49.1 Å². The molecule has 0 bridgehead atoms. The molecule has 1 aliphatic heterocycles. The van der Waals surface area contributed by atoms with Crippen molar-refractivity contribution in [3.63, 3.8) is 0 Å². The molecule has 5 aromatic rings. The van der Waals surface area contributed by atoms with Crippen LogP contribution in [0.2, 0.25) is 0 Å². The zero-order chi connectivity index (χ0) is 26.2. The van der Waals surface area contributed by atoms with E-state index in [4.69, 9.17) is 0 Å². The average molecular weight is 513 g/mol. The van der Waals surface area contributed by atoms with Gasteiger partial charge in [-0.05, 0) is 30.7 Å². The maximum absolute atomic E-state index is 13.1. The average Bonchev–Trinajstić information content (AvgIpc) is 3.64. The summed E-state index contributed by atoms with van der Waals surface area (Å²) in [6.07, 6.45) is 8.49. The Morgan fingerprint density at radius 2 is 1.92 bits per heavy atom. The molecule has 5 aromatic heterocycles. The number of fused-ring (bicyclic) bond motifs is 2. The predicted molar refractivity (Wildman–Crippen MR) is 136 cm³/mol. The molecule has 0 spiro atoms. The topological polar surface area (TPSA) is 153 Å². The van der Waals surface area contributed by atoms with Crippen molar-refractivity contribution in [3.05, 3.63) is 66.7 Å². The smallest absolute Gasteiger partial charge is 0.294 e. The van der Waals surface area contributed by atoms with Gasteiger partial charge >= 0.3 is 0 Å². The fourth-order valence-corrected chi connectivity index (χ4v) is 4.35. The van der Waals surface area contributed by atoms with Gasteiger partial charge in [-0.2, -0.15) is 10.2 Å². The van der Waals surface area contributed by atoms with Gasteiger partial charge < -0.3 is 10.6 Å². The van der Waals surface area contributed by atoms with Crippen molar-refractivity contribution in [3.8, 4) is 11.1 Å². The Bertz CT molecular complexity index is 1670. The minimum atomic E-state index is -0.447. The van der Waals surface area contributed by atoms with Crippen molar-refractivity contribution in [1.82, 2.24) is 49.0 Å². The summed E-state index contributed by atoms with van der Waals surface area (Å²) in [5.74, 6) is 0.330. The van der Waals surface area contributed by atoms with E-state index in [1.807, 2.05) is 35.0 Å². The lowest BCUT2D eigenvalue weighted by molar-refractivity contribution is -0.117. The zero-order valence-corrected chi connectivity index (χ0v) is 20.7. The Labute approximate surface area is 216 Å². The molecule has 14 heteroatoms. The summed E-state index contributed by atoms with van der Waals surface area (Å²) < 4.78 is 5.17. The first kappa shape index (κ1) is 23.4. The van der Waals surface area contributed by atoms with Crippen molar-refractivity contribution < 1.29 is 9.59 Å². The van der Waals surface area contributed by atoms with E-state index in [-0.39, 0.29) is 18.3 Å². The van der Waals surface area contributed by atoms with Crippen LogP contribution in [0.3, 0.4) is 0 Å². The third-order valence-corrected chi connectivity index (χ3v) is 6.33. The number of anilines is 2. The number of hydrogen-bond donors (Lipinski definition) is 2. The molecule has 2 N–H and O–H groups in total. The second-order valence-electron chi connectivity index (χ2n) is 9.04. The maximum atomic E-state index is 13.1. The van der Waals surface area contributed by atoms with Crippen LogP contribution in [0, 0.1) is 6.92 Å². The van der Waals surface area contributed by atoms with Crippen molar-refractivity contribution in [2.75, 3.05) is 23.7 Å². The van der Waals surface area contributed by atoms with Gasteiger partial charge in [-0.3, -0.25) is 28.6 Å². The first-order chi connectivity index (χ1) is 18.4. The fraction of sp³-hybridized carbons (Fsp3) is 0.250. The summed E-state index contributed by atoms with van der Waals surface area (Å²) in [5, 5.41) is 22.3. The van der Waals surface area contributed by atoms with E-state index in [1.165, 1.54) is 6.33 Å². The molecule has 38 heavy (non-hydrogen) atoms. The van der Waals surface area contributed by atoms with E-state index in [0.29, 0.717) is 42.4 Å². The number of aromatic nitrogens is 9. The number of nitrogens with one attached hydrogen (secondary N) is 2. The van der Waals surface area contributed by atoms with E-state index in [1.54, 1.807) is 40.7 Å². The highest BCUT2D eigenvalue weighted by molar-refractivity contribution is 6.03. The molecule has 0 saturated carbocycles. The van der Waals surface area contributed by atoms with E-state index in [2.05, 4.69) is 41.0 Å². The van der Waals surface area contributed by atoms with Crippen LogP contribution in [0.15, 0.2) is 49.3 Å². The number of carbonyl (C=O) groups is 2. The van der Waals surface area contributed by atoms with E-state index >= 15 is 0 Å². The predicted octanol–water partition coefficient (Wildman–Crippen LogP) is 1.13. The monoisotopic (exact) mass is 512 g/mol. The van der Waals surface area contributed by atoms with Gasteiger partial charge in [0.2, 0.25) is 11.7 Å². The quantitative estimate of drug-likeness (QED) is 0.341. The third kappa shape index (κ3) is 4.59. The minimum Gasteiger partial charge on any atom is -0.324 e. The Balaban J connectivity index is 1.14. The lowest BCUT2D eigenvalue weighted by atomic mass is 10.1. The van der Waals surface area contributed by atoms with Crippen LogP contribution in [0.5, 0.6) is 0 Å². The second kappa shape index (κ2) is 9.48. The van der Waals surface area contributed by atoms with Gasteiger partial charge in [0.15, 0.2) is 5.65 Å². The summed E-state index contributed by atoms with van der Waals surface area (Å²) in [4.78, 5) is 36.3. The number of hydrogen-bond acceptors (Lipinski definition) is 9. The van der Waals surface area contributed by atoms with Crippen LogP contribution >= 0.6 is 0 Å². The van der Waals surface area contributed by atoms with Gasteiger partial charge in [0.25, 0.3) is 5.91 Å². The van der Waals surface area contributed by atoms with Crippen LogP contribution < -0.4 is 10.6 Å². The molecule has 192 valence electrons. The molecule has 0 radical (unpaired) electrons. The molecule has 0 saturated heterocycles. The minimum absolute atomic E-state index is 0.129. The van der Waals surface area contributed by atoms with Crippen LogP contribution in [0.1, 0.15) is 22.1 Å². The normalized spacial score (nSPS) is 13.4. The number of pyridine rings is 2. The van der Waals surface area contributed by atoms with Gasteiger partial charge in [-0.15, -0.1) is 10.2 Å². The molecule has 0 aliphatic carbocycles. The Morgan fingerprint density at radius 3 is 2.76 bits per heavy atom. The molecule has 6 heterocycles. The Kier molecular flexibility index (Phi) is 5.84. The van der Waals surface area contributed by atoms with Crippen molar-refractivity contribution in [2.24, 2.45) is 7.05 Å². The van der Waals surface area contributed by atoms with Crippen molar-refractivity contribution in [2.45, 2.75) is 20.0 Å². The zero-order valence-electron chi connectivity index (χ0n) is 20.7. The van der Waals surface area contributed by atoms with Gasteiger partial charge in [0, 0.05) is 31.5 Å². The maximum Gasteiger partial charge on any atom is 0.294 e. The molecular formula is C24H24N12O2. The van der Waals surface area contributed by atoms with E-state index < -0.39 is 5.91 Å². The van der Waals surface area contributed by atoms with Crippen molar-refractivity contribution in [1.29, 1.82) is 0 Å². The third-order valence-electron chi connectivity index (χ3n) is 6.33. The molecule has 0 aromatic carbocycles. The van der Waals surface area contributed by atoms with Crippen molar-refractivity contribution >= 4 is 28.8 Å². The van der Waals surface area contributed by atoms with Crippen LogP contribution in [0.25, 0.3) is 16.8 Å². The number of carbonyl (C=O) groups excluding carboxylic acids is 2. The Morgan fingerprint density at radius 1 is 1.03 bits per heavy atom. The number of rotatable bonds is 6. The summed E-state index contributed by atoms with van der Waals surface area (Å²) in [6.45, 7) is 3.92. The summed E-state index contributed by atoms with van der Waals surface area (Å²) >= 11 is 0. The van der Waals surface area contributed by atoms with Gasteiger partial charge in [0.1, 0.15) is 12.2 Å². The molecule has 0 atom stereocenters. The highest BCUT2D eigenvalue weighted by Crippen LogP contribution is 2.22. The standard InChI is InChI=1S/C24H24N12O2/c1-15-19(8-18(10-25-15)29-22(37)13-34-5-6-36-21(12-34)26-14-28-36)30-24(38)23-32-31-20-7-16(3-4-35(20)23)17-9-27-33(2)11-17/h3-4,7-11,14H,5-6,12-13H2,1-2H3,(H,29,37)(H,30,38). The highest BCUT2D eigenvalue weighted by Gasteiger charge is 2.21. The summed E-state index contributed by atoms with van der Waals surface area (Å²) in [6, 6.07) is 5.39. The van der Waals surface area contributed by atoms with E-state index in [0.717, 1.165) is 17.0 Å². The molecule has 2 amide bonds. The highest BCUT2D eigenvalue weighted by atomic mass is 16.2. The molecule has 14 nitrogen and oxygen atoms in total. The summed E-state index contributed by atoms with van der Waals surface area (Å²) in [7, 11) is 1.85. The largest absolute Gasteiger partial charge is 0.324 e. The molecule has 0 unspecified atom stereocenters.